The molecule has 1 saturated carbocycles. The molecule has 2 rings (SSSR count). The zero-order valence-corrected chi connectivity index (χ0v) is 9.72. The molecule has 1 fully saturated rings. The molecule has 1 aliphatic carbocycles. The molecule has 0 amide bonds. The van der Waals surface area contributed by atoms with Crippen LogP contribution in [0.2, 0.25) is 0 Å². The summed E-state index contributed by atoms with van der Waals surface area (Å²) in [5.74, 6) is 1.36. The normalized spacial score (nSPS) is 18.6. The first kappa shape index (κ1) is 11.3. The topological polar surface area (TPSA) is 61.0 Å². The Morgan fingerprint density at radius 2 is 2.19 bits per heavy atom. The molecule has 1 atom stereocenters. The highest BCUT2D eigenvalue weighted by Crippen LogP contribution is 2.31. The molecule has 1 unspecified atom stereocenters. The summed E-state index contributed by atoms with van der Waals surface area (Å²) in [6.45, 7) is 0. The minimum atomic E-state index is 0.0139. The van der Waals surface area contributed by atoms with Gasteiger partial charge in [0.15, 0.2) is 0 Å². The lowest BCUT2D eigenvalue weighted by Crippen LogP contribution is -2.15. The van der Waals surface area contributed by atoms with E-state index in [1.807, 2.05) is 6.07 Å². The van der Waals surface area contributed by atoms with Crippen LogP contribution in [0.25, 0.3) is 0 Å². The van der Waals surface area contributed by atoms with Gasteiger partial charge in [0, 0.05) is 12.1 Å². The first-order valence-electron chi connectivity index (χ1n) is 5.91. The smallest absolute Gasteiger partial charge is 0.216 e. The third-order valence-electron chi connectivity index (χ3n) is 3.31. The second-order valence-electron chi connectivity index (χ2n) is 4.48. The van der Waals surface area contributed by atoms with Crippen LogP contribution in [-0.2, 0) is 0 Å². The quantitative estimate of drug-likeness (QED) is 0.845. The van der Waals surface area contributed by atoms with Crippen LogP contribution in [0.5, 0.6) is 5.88 Å². The number of hydrogen-bond acceptors (Lipinski definition) is 4. The molecule has 1 aromatic heterocycles. The van der Waals surface area contributed by atoms with Crippen LogP contribution in [-0.4, -0.2) is 17.1 Å². The van der Waals surface area contributed by atoms with Crippen LogP contribution in [0.4, 0.5) is 0 Å². The Morgan fingerprint density at radius 3 is 2.88 bits per heavy atom. The van der Waals surface area contributed by atoms with Gasteiger partial charge in [-0.15, -0.1) is 0 Å². The molecule has 0 saturated heterocycles. The van der Waals surface area contributed by atoms with Crippen molar-refractivity contribution < 1.29 is 4.74 Å². The maximum absolute atomic E-state index is 6.15. The number of hydrogen-bond donors (Lipinski definition) is 1. The monoisotopic (exact) mass is 221 g/mol. The molecule has 4 nitrogen and oxygen atoms in total. The Morgan fingerprint density at radius 1 is 1.44 bits per heavy atom. The van der Waals surface area contributed by atoms with Crippen molar-refractivity contribution in [1.82, 2.24) is 9.97 Å². The molecule has 0 aromatic carbocycles. The fourth-order valence-electron chi connectivity index (χ4n) is 2.39. The molecule has 1 heterocycles. The summed E-state index contributed by atoms with van der Waals surface area (Å²) in [6, 6.07) is 1.85. The number of nitrogens with zero attached hydrogens (tertiary/aromatic N) is 2. The molecule has 1 aliphatic rings. The molecule has 1 aromatic rings. The minimum Gasteiger partial charge on any atom is -0.481 e. The minimum absolute atomic E-state index is 0.0139. The third-order valence-corrected chi connectivity index (χ3v) is 3.31. The van der Waals surface area contributed by atoms with Crippen molar-refractivity contribution in [3.05, 3.63) is 18.1 Å². The second-order valence-corrected chi connectivity index (χ2v) is 4.48. The largest absolute Gasteiger partial charge is 0.481 e. The number of methoxy groups -OCH3 is 1. The van der Waals surface area contributed by atoms with Gasteiger partial charge in [-0.25, -0.2) is 9.97 Å². The SMILES string of the molecule is COc1cc(C(N)CC2CCCC2)ncn1. The Bertz CT molecular complexity index is 337. The highest BCUT2D eigenvalue weighted by atomic mass is 16.5. The number of aromatic nitrogens is 2. The Labute approximate surface area is 96.2 Å². The zero-order valence-electron chi connectivity index (χ0n) is 9.72. The molecule has 0 spiro atoms. The standard InChI is InChI=1S/C12H19N3O/c1-16-12-7-11(14-8-15-12)10(13)6-9-4-2-3-5-9/h7-10H,2-6,13H2,1H3. The van der Waals surface area contributed by atoms with Crippen LogP contribution in [0.1, 0.15) is 43.8 Å². The van der Waals surface area contributed by atoms with Gasteiger partial charge in [0.25, 0.3) is 0 Å². The maximum Gasteiger partial charge on any atom is 0.216 e. The summed E-state index contributed by atoms with van der Waals surface area (Å²) in [5, 5.41) is 0. The van der Waals surface area contributed by atoms with Gasteiger partial charge in [0.1, 0.15) is 6.33 Å². The van der Waals surface area contributed by atoms with Crippen LogP contribution in [0.3, 0.4) is 0 Å². The molecular weight excluding hydrogens is 202 g/mol. The molecule has 0 aliphatic heterocycles. The van der Waals surface area contributed by atoms with E-state index < -0.39 is 0 Å². The lowest BCUT2D eigenvalue weighted by Gasteiger charge is -2.15. The first-order chi connectivity index (χ1) is 7.79. The first-order valence-corrected chi connectivity index (χ1v) is 5.91. The van der Waals surface area contributed by atoms with E-state index in [1.165, 1.54) is 32.0 Å². The van der Waals surface area contributed by atoms with Gasteiger partial charge in [0.05, 0.1) is 12.8 Å². The van der Waals surface area contributed by atoms with Crippen molar-refractivity contribution in [3.8, 4) is 5.88 Å². The Balaban J connectivity index is 1.98. The van der Waals surface area contributed by atoms with Gasteiger partial charge in [-0.1, -0.05) is 25.7 Å². The van der Waals surface area contributed by atoms with Crippen LogP contribution in [0.15, 0.2) is 12.4 Å². The molecular formula is C12H19N3O. The fourth-order valence-corrected chi connectivity index (χ4v) is 2.39. The molecule has 16 heavy (non-hydrogen) atoms. The van der Waals surface area contributed by atoms with E-state index in [0.717, 1.165) is 18.0 Å². The molecule has 4 heteroatoms. The molecule has 2 N–H and O–H groups in total. The molecule has 0 radical (unpaired) electrons. The number of nitrogens with two attached hydrogens (primary N) is 1. The van der Waals surface area contributed by atoms with Gasteiger partial charge >= 0.3 is 0 Å². The Kier molecular flexibility index (Phi) is 3.72. The predicted octanol–water partition coefficient (Wildman–Crippen LogP) is 2.07. The predicted molar refractivity (Wildman–Crippen MR) is 62.1 cm³/mol. The maximum atomic E-state index is 6.15. The van der Waals surface area contributed by atoms with Gasteiger partial charge in [-0.05, 0) is 12.3 Å². The van der Waals surface area contributed by atoms with Crippen molar-refractivity contribution in [2.75, 3.05) is 7.11 Å². The number of rotatable bonds is 4. The molecule has 0 bridgehead atoms. The summed E-state index contributed by atoms with van der Waals surface area (Å²) >= 11 is 0. The van der Waals surface area contributed by atoms with E-state index in [4.69, 9.17) is 10.5 Å². The van der Waals surface area contributed by atoms with Crippen molar-refractivity contribution in [2.24, 2.45) is 11.7 Å². The van der Waals surface area contributed by atoms with Gasteiger partial charge in [-0.2, -0.15) is 0 Å². The van der Waals surface area contributed by atoms with Crippen molar-refractivity contribution in [2.45, 2.75) is 38.1 Å². The lowest BCUT2D eigenvalue weighted by molar-refractivity contribution is 0.392. The highest BCUT2D eigenvalue weighted by Gasteiger charge is 2.19. The van der Waals surface area contributed by atoms with Crippen molar-refractivity contribution in [1.29, 1.82) is 0 Å². The molecule has 88 valence electrons. The van der Waals surface area contributed by atoms with E-state index in [1.54, 1.807) is 7.11 Å². The average molecular weight is 221 g/mol. The van der Waals surface area contributed by atoms with E-state index in [2.05, 4.69) is 9.97 Å². The van der Waals surface area contributed by atoms with Crippen LogP contribution >= 0.6 is 0 Å². The van der Waals surface area contributed by atoms with E-state index >= 15 is 0 Å². The van der Waals surface area contributed by atoms with Gasteiger partial charge in [0.2, 0.25) is 5.88 Å². The fraction of sp³-hybridized carbons (Fsp3) is 0.667. The summed E-state index contributed by atoms with van der Waals surface area (Å²) in [7, 11) is 1.61. The van der Waals surface area contributed by atoms with Crippen molar-refractivity contribution in [3.63, 3.8) is 0 Å². The van der Waals surface area contributed by atoms with E-state index in [-0.39, 0.29) is 6.04 Å². The van der Waals surface area contributed by atoms with Gasteiger partial charge in [-0.3, -0.25) is 0 Å². The summed E-state index contributed by atoms with van der Waals surface area (Å²) in [5.41, 5.74) is 7.04. The van der Waals surface area contributed by atoms with Crippen molar-refractivity contribution >= 4 is 0 Å². The summed E-state index contributed by atoms with van der Waals surface area (Å²) in [6.07, 6.45) is 7.88. The van der Waals surface area contributed by atoms with Crippen LogP contribution < -0.4 is 10.5 Å². The third kappa shape index (κ3) is 2.70. The highest BCUT2D eigenvalue weighted by molar-refractivity contribution is 5.16. The Hall–Kier alpha value is -1.16. The zero-order chi connectivity index (χ0) is 11.4. The van der Waals surface area contributed by atoms with Crippen LogP contribution in [0, 0.1) is 5.92 Å². The summed E-state index contributed by atoms with van der Waals surface area (Å²) < 4.78 is 5.07. The number of ether oxygens (including phenoxy) is 1. The van der Waals surface area contributed by atoms with Gasteiger partial charge < -0.3 is 10.5 Å². The second kappa shape index (κ2) is 5.25. The lowest BCUT2D eigenvalue weighted by atomic mass is 9.97. The summed E-state index contributed by atoms with van der Waals surface area (Å²) in [4.78, 5) is 8.20. The van der Waals surface area contributed by atoms with E-state index in [0.29, 0.717) is 5.88 Å². The average Bonchev–Trinajstić information content (AvgIpc) is 2.82. The van der Waals surface area contributed by atoms with E-state index in [9.17, 15) is 0 Å².